The Hall–Kier alpha value is -2.77. The molecular weight excluding hydrogens is 298 g/mol. The molecule has 0 atom stereocenters. The highest BCUT2D eigenvalue weighted by Crippen LogP contribution is 2.21. The second-order valence-electron chi connectivity index (χ2n) is 5.32. The molecule has 2 rings (SSSR count). The number of aromatic nitrogens is 4. The number of carboxylic acid groups (broad SMARTS) is 1. The number of nitrogens with one attached hydrogen (secondary N) is 1. The van der Waals surface area contributed by atoms with Gasteiger partial charge in [-0.25, -0.2) is 4.68 Å². The minimum atomic E-state index is -0.934. The SMILES string of the molecule is CCC(CC)(CC(=O)O)NC(=O)c1cccc(-n2cnnn2)c1. The molecule has 1 amide bonds. The van der Waals surface area contributed by atoms with E-state index in [2.05, 4.69) is 20.8 Å². The summed E-state index contributed by atoms with van der Waals surface area (Å²) in [6.45, 7) is 3.73. The molecule has 0 bridgehead atoms. The van der Waals surface area contributed by atoms with E-state index in [4.69, 9.17) is 5.11 Å². The standard InChI is InChI=1S/C15H19N5O3/c1-3-15(4-2,9-13(21)22)17-14(23)11-6-5-7-12(8-11)20-10-16-18-19-20/h5-8,10H,3-4,9H2,1-2H3,(H,17,23)(H,21,22). The Labute approximate surface area is 133 Å². The lowest BCUT2D eigenvalue weighted by atomic mass is 9.88. The number of hydrogen-bond donors (Lipinski definition) is 2. The Morgan fingerprint density at radius 1 is 1.30 bits per heavy atom. The van der Waals surface area contributed by atoms with Gasteiger partial charge in [0.2, 0.25) is 0 Å². The van der Waals surface area contributed by atoms with Gasteiger partial charge in [0, 0.05) is 5.56 Å². The fourth-order valence-electron chi connectivity index (χ4n) is 2.39. The van der Waals surface area contributed by atoms with E-state index in [1.165, 1.54) is 11.0 Å². The summed E-state index contributed by atoms with van der Waals surface area (Å²) in [6, 6.07) is 6.82. The van der Waals surface area contributed by atoms with Crippen LogP contribution in [-0.4, -0.2) is 42.7 Å². The van der Waals surface area contributed by atoms with Crippen LogP contribution in [0, 0.1) is 0 Å². The highest BCUT2D eigenvalue weighted by atomic mass is 16.4. The van der Waals surface area contributed by atoms with Gasteiger partial charge in [-0.05, 0) is 41.5 Å². The third-order valence-electron chi connectivity index (χ3n) is 3.94. The van der Waals surface area contributed by atoms with E-state index in [0.29, 0.717) is 24.1 Å². The molecule has 1 aromatic carbocycles. The molecule has 2 aromatic rings. The van der Waals surface area contributed by atoms with Gasteiger partial charge in [-0.3, -0.25) is 9.59 Å². The summed E-state index contributed by atoms with van der Waals surface area (Å²) in [5, 5.41) is 22.9. The summed E-state index contributed by atoms with van der Waals surface area (Å²) in [5.41, 5.74) is 0.322. The number of aliphatic carboxylic acids is 1. The Balaban J connectivity index is 2.23. The summed E-state index contributed by atoms with van der Waals surface area (Å²) in [5.74, 6) is -1.25. The van der Waals surface area contributed by atoms with Gasteiger partial charge in [0.25, 0.3) is 5.91 Å². The number of rotatable bonds is 7. The van der Waals surface area contributed by atoms with Crippen LogP contribution in [0.15, 0.2) is 30.6 Å². The summed E-state index contributed by atoms with van der Waals surface area (Å²) < 4.78 is 1.45. The molecule has 8 nitrogen and oxygen atoms in total. The maximum Gasteiger partial charge on any atom is 0.305 e. The normalized spacial score (nSPS) is 11.2. The third-order valence-corrected chi connectivity index (χ3v) is 3.94. The lowest BCUT2D eigenvalue weighted by Gasteiger charge is -2.31. The number of amides is 1. The molecular formula is C15H19N5O3. The van der Waals surface area contributed by atoms with Crippen LogP contribution < -0.4 is 5.32 Å². The molecule has 122 valence electrons. The maximum absolute atomic E-state index is 12.5. The van der Waals surface area contributed by atoms with E-state index in [-0.39, 0.29) is 12.3 Å². The zero-order valence-electron chi connectivity index (χ0n) is 13.1. The van der Waals surface area contributed by atoms with Gasteiger partial charge in [-0.1, -0.05) is 19.9 Å². The number of tetrazole rings is 1. The predicted octanol–water partition coefficient (Wildman–Crippen LogP) is 1.43. The lowest BCUT2D eigenvalue weighted by molar-refractivity contribution is -0.138. The molecule has 0 aliphatic rings. The van der Waals surface area contributed by atoms with E-state index in [0.717, 1.165) is 0 Å². The van der Waals surface area contributed by atoms with Crippen LogP contribution in [0.25, 0.3) is 5.69 Å². The van der Waals surface area contributed by atoms with Crippen LogP contribution >= 0.6 is 0 Å². The molecule has 8 heteroatoms. The second kappa shape index (κ2) is 6.99. The van der Waals surface area contributed by atoms with Crippen LogP contribution in [-0.2, 0) is 4.79 Å². The minimum absolute atomic E-state index is 0.113. The fraction of sp³-hybridized carbons (Fsp3) is 0.400. The van der Waals surface area contributed by atoms with Gasteiger partial charge in [-0.15, -0.1) is 5.10 Å². The lowest BCUT2D eigenvalue weighted by Crippen LogP contribution is -2.49. The average Bonchev–Trinajstić information content (AvgIpc) is 3.08. The van der Waals surface area contributed by atoms with Crippen molar-refractivity contribution < 1.29 is 14.7 Å². The van der Waals surface area contributed by atoms with Crippen molar-refractivity contribution in [1.82, 2.24) is 25.5 Å². The number of carbonyl (C=O) groups is 2. The molecule has 2 N–H and O–H groups in total. The monoisotopic (exact) mass is 317 g/mol. The molecule has 0 saturated heterocycles. The van der Waals surface area contributed by atoms with Crippen LogP contribution in [0.5, 0.6) is 0 Å². The highest BCUT2D eigenvalue weighted by Gasteiger charge is 2.31. The zero-order valence-corrected chi connectivity index (χ0v) is 13.1. The molecule has 23 heavy (non-hydrogen) atoms. The Bertz CT molecular complexity index is 680. The van der Waals surface area contributed by atoms with Gasteiger partial charge >= 0.3 is 5.97 Å². The number of hydrogen-bond acceptors (Lipinski definition) is 5. The van der Waals surface area contributed by atoms with E-state index >= 15 is 0 Å². The van der Waals surface area contributed by atoms with Crippen LogP contribution in [0.3, 0.4) is 0 Å². The Kier molecular flexibility index (Phi) is 5.05. The van der Waals surface area contributed by atoms with E-state index in [1.54, 1.807) is 24.3 Å². The largest absolute Gasteiger partial charge is 0.481 e. The summed E-state index contributed by atoms with van der Waals surface area (Å²) in [4.78, 5) is 23.6. The predicted molar refractivity (Wildman–Crippen MR) is 82.2 cm³/mol. The fourth-order valence-corrected chi connectivity index (χ4v) is 2.39. The zero-order chi connectivity index (χ0) is 16.9. The Morgan fingerprint density at radius 3 is 2.61 bits per heavy atom. The topological polar surface area (TPSA) is 110 Å². The molecule has 0 radical (unpaired) electrons. The molecule has 0 unspecified atom stereocenters. The quantitative estimate of drug-likeness (QED) is 0.799. The Morgan fingerprint density at radius 2 is 2.04 bits per heavy atom. The van der Waals surface area contributed by atoms with Crippen molar-refractivity contribution in [3.63, 3.8) is 0 Å². The average molecular weight is 317 g/mol. The van der Waals surface area contributed by atoms with E-state index < -0.39 is 11.5 Å². The van der Waals surface area contributed by atoms with Crippen molar-refractivity contribution in [1.29, 1.82) is 0 Å². The van der Waals surface area contributed by atoms with Crippen molar-refractivity contribution in [2.75, 3.05) is 0 Å². The van der Waals surface area contributed by atoms with Gasteiger partial charge < -0.3 is 10.4 Å². The van der Waals surface area contributed by atoms with Gasteiger partial charge in [0.15, 0.2) is 0 Å². The van der Waals surface area contributed by atoms with Crippen molar-refractivity contribution in [2.45, 2.75) is 38.6 Å². The van der Waals surface area contributed by atoms with E-state index in [1.807, 2.05) is 13.8 Å². The summed E-state index contributed by atoms with van der Waals surface area (Å²) in [6.07, 6.45) is 2.39. The molecule has 0 aliphatic carbocycles. The minimum Gasteiger partial charge on any atom is -0.481 e. The summed E-state index contributed by atoms with van der Waals surface area (Å²) >= 11 is 0. The number of nitrogens with zero attached hydrogens (tertiary/aromatic N) is 4. The van der Waals surface area contributed by atoms with Gasteiger partial charge in [0.1, 0.15) is 6.33 Å². The first-order chi connectivity index (χ1) is 11.0. The molecule has 0 fully saturated rings. The van der Waals surface area contributed by atoms with Gasteiger partial charge in [0.05, 0.1) is 17.6 Å². The molecule has 1 aromatic heterocycles. The highest BCUT2D eigenvalue weighted by molar-refractivity contribution is 5.95. The maximum atomic E-state index is 12.5. The van der Waals surface area contributed by atoms with Crippen molar-refractivity contribution >= 4 is 11.9 Å². The van der Waals surface area contributed by atoms with Gasteiger partial charge in [-0.2, -0.15) is 0 Å². The van der Waals surface area contributed by atoms with Crippen molar-refractivity contribution in [2.24, 2.45) is 0 Å². The molecule has 0 aliphatic heterocycles. The second-order valence-corrected chi connectivity index (χ2v) is 5.32. The molecule has 0 spiro atoms. The van der Waals surface area contributed by atoms with Crippen molar-refractivity contribution in [3.05, 3.63) is 36.2 Å². The third kappa shape index (κ3) is 3.91. The number of benzene rings is 1. The van der Waals surface area contributed by atoms with E-state index in [9.17, 15) is 9.59 Å². The van der Waals surface area contributed by atoms with Crippen molar-refractivity contribution in [3.8, 4) is 5.69 Å². The summed E-state index contributed by atoms with van der Waals surface area (Å²) in [7, 11) is 0. The number of carboxylic acids is 1. The van der Waals surface area contributed by atoms with Crippen LogP contribution in [0.4, 0.5) is 0 Å². The first-order valence-electron chi connectivity index (χ1n) is 7.37. The molecule has 0 saturated carbocycles. The van der Waals surface area contributed by atoms with Crippen LogP contribution in [0.1, 0.15) is 43.5 Å². The number of carbonyl (C=O) groups excluding carboxylic acids is 1. The first kappa shape index (κ1) is 16.6. The van der Waals surface area contributed by atoms with Crippen LogP contribution in [0.2, 0.25) is 0 Å². The molecule has 1 heterocycles. The first-order valence-corrected chi connectivity index (χ1v) is 7.37. The smallest absolute Gasteiger partial charge is 0.305 e.